The van der Waals surface area contributed by atoms with Crippen LogP contribution in [0.5, 0.6) is 5.75 Å². The molecule has 3 atom stereocenters. The molecule has 3 fully saturated rings. The molecule has 38 heavy (non-hydrogen) atoms. The molecule has 7 nitrogen and oxygen atoms in total. The van der Waals surface area contributed by atoms with Crippen molar-refractivity contribution in [3.63, 3.8) is 0 Å². The first-order valence-electron chi connectivity index (χ1n) is 13.7. The Morgan fingerprint density at radius 1 is 1.08 bits per heavy atom. The number of piperidine rings is 3. The molecule has 3 aromatic rings. The Bertz CT molecular complexity index is 1450. The molecule has 0 unspecified atom stereocenters. The molecule has 4 heterocycles. The van der Waals surface area contributed by atoms with E-state index in [1.54, 1.807) is 0 Å². The normalized spacial score (nSPS) is 22.9. The fourth-order valence-corrected chi connectivity index (χ4v) is 6.80. The Morgan fingerprint density at radius 3 is 2.71 bits per heavy atom. The average Bonchev–Trinajstić information content (AvgIpc) is 2.90. The fourth-order valence-electron chi connectivity index (χ4n) is 6.80. The van der Waals surface area contributed by atoms with Crippen molar-refractivity contribution < 1.29 is 18.7 Å². The summed E-state index contributed by atoms with van der Waals surface area (Å²) in [5.74, 6) is 1.47. The van der Waals surface area contributed by atoms with Gasteiger partial charge in [0, 0.05) is 44.1 Å². The number of carbonyl (C=O) groups is 2. The summed E-state index contributed by atoms with van der Waals surface area (Å²) in [4.78, 5) is 42.7. The molecular formula is C31H34N2O5. The lowest BCUT2D eigenvalue weighted by atomic mass is 9.76. The topological polar surface area (TPSA) is 80.1 Å². The first-order chi connectivity index (χ1) is 18.4. The van der Waals surface area contributed by atoms with Crippen LogP contribution >= 0.6 is 0 Å². The van der Waals surface area contributed by atoms with E-state index < -0.39 is 0 Å². The number of amides is 2. The second kappa shape index (κ2) is 9.93. The van der Waals surface area contributed by atoms with Crippen LogP contribution in [0.4, 0.5) is 0 Å². The number of rotatable bonds is 5. The molecule has 3 aliphatic heterocycles. The van der Waals surface area contributed by atoms with Gasteiger partial charge in [-0.15, -0.1) is 0 Å². The molecule has 3 aliphatic rings. The van der Waals surface area contributed by atoms with E-state index in [1.165, 1.54) is 0 Å². The number of likely N-dealkylation sites (tertiary alicyclic amines) is 1. The Balaban J connectivity index is 1.22. The summed E-state index contributed by atoms with van der Waals surface area (Å²) in [6.07, 6.45) is 4.19. The van der Waals surface area contributed by atoms with Gasteiger partial charge in [0.25, 0.3) is 5.91 Å². The summed E-state index contributed by atoms with van der Waals surface area (Å²) in [5, 5.41) is 0.737. The molecule has 6 rings (SSSR count). The highest BCUT2D eigenvalue weighted by molar-refractivity contribution is 5.89. The predicted molar refractivity (Wildman–Crippen MR) is 144 cm³/mol. The molecule has 2 amide bonds. The minimum absolute atomic E-state index is 0.0375. The zero-order valence-electron chi connectivity index (χ0n) is 22.1. The maximum Gasteiger partial charge on any atom is 0.340 e. The van der Waals surface area contributed by atoms with Crippen molar-refractivity contribution in [2.75, 3.05) is 26.2 Å². The SMILES string of the molecule is Cc1cc(OCC(=O)N2C[C@H]3C[C@@H](C2)[C@@H]2CCCC(=O)N2C3)c2c(C)c(Cc3ccccc3)c(=O)oc2c1. The van der Waals surface area contributed by atoms with Crippen molar-refractivity contribution in [1.82, 2.24) is 9.80 Å². The molecule has 1 aromatic heterocycles. The zero-order valence-corrected chi connectivity index (χ0v) is 22.1. The number of hydrogen-bond acceptors (Lipinski definition) is 5. The van der Waals surface area contributed by atoms with Crippen LogP contribution in [0.1, 0.15) is 47.9 Å². The summed E-state index contributed by atoms with van der Waals surface area (Å²) in [7, 11) is 0. The molecule has 0 radical (unpaired) electrons. The smallest absolute Gasteiger partial charge is 0.340 e. The lowest BCUT2D eigenvalue weighted by molar-refractivity contribution is -0.149. The van der Waals surface area contributed by atoms with E-state index in [0.717, 1.165) is 47.9 Å². The highest BCUT2D eigenvalue weighted by atomic mass is 16.5. The molecule has 0 spiro atoms. The van der Waals surface area contributed by atoms with Crippen LogP contribution in [-0.2, 0) is 16.0 Å². The number of benzene rings is 2. The van der Waals surface area contributed by atoms with Gasteiger partial charge in [-0.05, 0) is 73.8 Å². The number of ether oxygens (including phenoxy) is 1. The predicted octanol–water partition coefficient (Wildman–Crippen LogP) is 4.24. The maximum absolute atomic E-state index is 13.3. The third-order valence-electron chi connectivity index (χ3n) is 8.59. The van der Waals surface area contributed by atoms with Crippen molar-refractivity contribution in [3.05, 3.63) is 75.1 Å². The van der Waals surface area contributed by atoms with Crippen molar-refractivity contribution in [2.45, 2.75) is 52.0 Å². The molecule has 7 heteroatoms. The molecule has 0 aliphatic carbocycles. The molecule has 2 aromatic carbocycles. The van der Waals surface area contributed by atoms with Crippen molar-refractivity contribution in [3.8, 4) is 5.75 Å². The third kappa shape index (κ3) is 4.59. The van der Waals surface area contributed by atoms with Crippen molar-refractivity contribution >= 4 is 22.8 Å². The van der Waals surface area contributed by atoms with Gasteiger partial charge in [0.15, 0.2) is 6.61 Å². The minimum atomic E-state index is -0.346. The van der Waals surface area contributed by atoms with Crippen LogP contribution in [0.3, 0.4) is 0 Å². The first kappa shape index (κ1) is 24.7. The van der Waals surface area contributed by atoms with Gasteiger partial charge in [0.2, 0.25) is 5.91 Å². The van der Waals surface area contributed by atoms with Crippen LogP contribution in [0.15, 0.2) is 51.7 Å². The Labute approximate surface area is 222 Å². The number of fused-ring (bicyclic) bond motifs is 5. The molecule has 3 saturated heterocycles. The van der Waals surface area contributed by atoms with Gasteiger partial charge >= 0.3 is 5.63 Å². The number of hydrogen-bond donors (Lipinski definition) is 0. The van der Waals surface area contributed by atoms with Crippen LogP contribution in [0.2, 0.25) is 0 Å². The molecule has 0 N–H and O–H groups in total. The van der Waals surface area contributed by atoms with E-state index >= 15 is 0 Å². The van der Waals surface area contributed by atoms with Gasteiger partial charge in [-0.3, -0.25) is 9.59 Å². The standard InChI is InChI=1S/C31H34N2O5/c1-19-11-26(30-20(2)24(31(36)38-27(30)12-19)14-21-7-4-3-5-8-21)37-18-29(35)32-15-22-13-23(17-32)25-9-6-10-28(34)33(25)16-22/h3-5,7-8,11-12,22-23,25H,6,9-10,13-18H2,1-2H3/t22-,23+,25+/m1/s1. The van der Waals surface area contributed by atoms with Gasteiger partial charge in [0.1, 0.15) is 11.3 Å². The van der Waals surface area contributed by atoms with Gasteiger partial charge in [-0.1, -0.05) is 30.3 Å². The van der Waals surface area contributed by atoms with Crippen LogP contribution in [-0.4, -0.2) is 53.9 Å². The molecule has 198 valence electrons. The van der Waals surface area contributed by atoms with E-state index in [4.69, 9.17) is 9.15 Å². The van der Waals surface area contributed by atoms with Crippen LogP contribution in [0.25, 0.3) is 11.0 Å². The molecule has 2 bridgehead atoms. The van der Waals surface area contributed by atoms with E-state index in [2.05, 4.69) is 4.90 Å². The van der Waals surface area contributed by atoms with Crippen molar-refractivity contribution in [2.24, 2.45) is 11.8 Å². The van der Waals surface area contributed by atoms with Crippen LogP contribution < -0.4 is 10.4 Å². The monoisotopic (exact) mass is 514 g/mol. The Hall–Kier alpha value is -3.61. The van der Waals surface area contributed by atoms with Crippen molar-refractivity contribution in [1.29, 1.82) is 0 Å². The quantitative estimate of drug-likeness (QED) is 0.476. The van der Waals surface area contributed by atoms with Gasteiger partial charge in [-0.2, -0.15) is 0 Å². The summed E-state index contributed by atoms with van der Waals surface area (Å²) in [6, 6.07) is 13.8. The van der Waals surface area contributed by atoms with Gasteiger partial charge in [-0.25, -0.2) is 4.79 Å². The van der Waals surface area contributed by atoms with E-state index in [1.807, 2.05) is 61.2 Å². The highest BCUT2D eigenvalue weighted by Crippen LogP contribution is 2.38. The lowest BCUT2D eigenvalue weighted by Gasteiger charge is -2.52. The number of nitrogens with zero attached hydrogens (tertiary/aromatic N) is 2. The Kier molecular flexibility index (Phi) is 6.46. The number of aryl methyl sites for hydroxylation is 2. The number of carbonyl (C=O) groups excluding carboxylic acids is 2. The molecular weight excluding hydrogens is 480 g/mol. The summed E-state index contributed by atoms with van der Waals surface area (Å²) in [5.41, 5.74) is 3.47. The second-order valence-electron chi connectivity index (χ2n) is 11.2. The maximum atomic E-state index is 13.3. The largest absolute Gasteiger partial charge is 0.483 e. The van der Waals surface area contributed by atoms with Gasteiger partial charge in [0.05, 0.1) is 5.39 Å². The van der Waals surface area contributed by atoms with Gasteiger partial charge < -0.3 is 19.0 Å². The van der Waals surface area contributed by atoms with E-state index in [-0.39, 0.29) is 30.1 Å². The van der Waals surface area contributed by atoms with Crippen LogP contribution in [0, 0.1) is 25.7 Å². The second-order valence-corrected chi connectivity index (χ2v) is 11.2. The summed E-state index contributed by atoms with van der Waals surface area (Å²) < 4.78 is 11.9. The fraction of sp³-hybridized carbons (Fsp3) is 0.452. The third-order valence-corrected chi connectivity index (χ3v) is 8.59. The lowest BCUT2D eigenvalue weighted by Crippen LogP contribution is -2.61. The molecule has 0 saturated carbocycles. The average molecular weight is 515 g/mol. The summed E-state index contributed by atoms with van der Waals surface area (Å²) in [6.45, 7) is 5.87. The summed E-state index contributed by atoms with van der Waals surface area (Å²) >= 11 is 0. The minimum Gasteiger partial charge on any atom is -0.483 e. The Morgan fingerprint density at radius 2 is 1.89 bits per heavy atom. The van der Waals surface area contributed by atoms with E-state index in [0.29, 0.717) is 54.7 Å². The highest BCUT2D eigenvalue weighted by Gasteiger charge is 2.44. The first-order valence-corrected chi connectivity index (χ1v) is 13.7. The zero-order chi connectivity index (χ0) is 26.4. The van der Waals surface area contributed by atoms with E-state index in [9.17, 15) is 14.4 Å².